The Morgan fingerprint density at radius 3 is 2.65 bits per heavy atom. The van der Waals surface area contributed by atoms with Crippen LogP contribution in [0.1, 0.15) is 31.7 Å². The van der Waals surface area contributed by atoms with Crippen molar-refractivity contribution in [1.29, 1.82) is 0 Å². The number of benzene rings is 1. The van der Waals surface area contributed by atoms with Gasteiger partial charge in [-0.15, -0.1) is 0 Å². The summed E-state index contributed by atoms with van der Waals surface area (Å²) in [5, 5.41) is 8.89. The second-order valence-corrected chi connectivity index (χ2v) is 7.14. The Morgan fingerprint density at radius 1 is 1.35 bits per heavy atom. The lowest BCUT2D eigenvalue weighted by molar-refractivity contribution is -0.144. The van der Waals surface area contributed by atoms with Crippen LogP contribution in [0.2, 0.25) is 0 Å². The Kier molecular flexibility index (Phi) is 7.60. The van der Waals surface area contributed by atoms with Crippen LogP contribution in [0, 0.1) is 5.92 Å². The number of ether oxygens (including phenoxy) is 1. The summed E-state index contributed by atoms with van der Waals surface area (Å²) in [6, 6.07) is 9.95. The minimum absolute atomic E-state index is 0.0344. The number of carbonyl (C=O) groups is 2. The molecule has 2 rings (SSSR count). The average molecular weight is 362 g/mol. The van der Waals surface area contributed by atoms with Crippen molar-refractivity contribution < 1.29 is 19.4 Å². The first-order chi connectivity index (χ1) is 12.4. The quantitative estimate of drug-likeness (QED) is 0.767. The minimum Gasteiger partial charge on any atom is -0.480 e. The van der Waals surface area contributed by atoms with Gasteiger partial charge in [-0.1, -0.05) is 50.6 Å². The normalized spacial score (nSPS) is 20.0. The number of likely N-dealkylation sites (N-methyl/N-ethyl adjacent to an activating group) is 1. The number of hydrogen-bond donors (Lipinski definition) is 1. The van der Waals surface area contributed by atoms with Gasteiger partial charge in [-0.05, 0) is 18.5 Å². The average Bonchev–Trinajstić information content (AvgIpc) is 2.62. The number of nitrogens with zero attached hydrogens (tertiary/aromatic N) is 2. The van der Waals surface area contributed by atoms with Crippen LogP contribution in [0.3, 0.4) is 0 Å². The molecule has 0 aliphatic carbocycles. The van der Waals surface area contributed by atoms with Gasteiger partial charge in [0.15, 0.2) is 0 Å². The standard InChI is InChI=1S/C20H30N2O4/c1-4-15(2)19(16-8-6-5-7-9-16)20(25)22-10-11-26-17(13-22)12-21(3)14-18(23)24/h5-9,15,17,19H,4,10-14H2,1-3H3,(H,23,24). The van der Waals surface area contributed by atoms with Gasteiger partial charge in [0.1, 0.15) is 0 Å². The van der Waals surface area contributed by atoms with Gasteiger partial charge in [0, 0.05) is 19.6 Å². The molecule has 6 heteroatoms. The molecule has 1 aliphatic rings. The van der Waals surface area contributed by atoms with E-state index in [1.807, 2.05) is 35.2 Å². The van der Waals surface area contributed by atoms with Crippen LogP contribution in [0.4, 0.5) is 0 Å². The second-order valence-electron chi connectivity index (χ2n) is 7.14. The van der Waals surface area contributed by atoms with Gasteiger partial charge in [0.25, 0.3) is 0 Å². The molecule has 144 valence electrons. The Bertz CT molecular complexity index is 593. The summed E-state index contributed by atoms with van der Waals surface area (Å²) in [7, 11) is 1.75. The molecule has 0 aromatic heterocycles. The molecule has 3 unspecified atom stereocenters. The Morgan fingerprint density at radius 2 is 2.04 bits per heavy atom. The molecular formula is C20H30N2O4. The van der Waals surface area contributed by atoms with Gasteiger partial charge in [-0.25, -0.2) is 0 Å². The van der Waals surface area contributed by atoms with Crippen LogP contribution >= 0.6 is 0 Å². The van der Waals surface area contributed by atoms with Gasteiger partial charge in [-0.2, -0.15) is 0 Å². The molecule has 6 nitrogen and oxygen atoms in total. The molecule has 0 spiro atoms. The van der Waals surface area contributed by atoms with Crippen LogP contribution in [-0.4, -0.2) is 72.7 Å². The molecule has 0 radical (unpaired) electrons. The minimum atomic E-state index is -0.864. The molecule has 26 heavy (non-hydrogen) atoms. The van der Waals surface area contributed by atoms with Crippen LogP contribution in [-0.2, 0) is 14.3 Å². The van der Waals surface area contributed by atoms with E-state index in [1.165, 1.54) is 0 Å². The molecule has 0 bridgehead atoms. The fraction of sp³-hybridized carbons (Fsp3) is 0.600. The first kappa shape index (κ1) is 20.4. The number of aliphatic carboxylic acids is 1. The maximum Gasteiger partial charge on any atom is 0.317 e. The smallest absolute Gasteiger partial charge is 0.317 e. The van der Waals surface area contributed by atoms with E-state index in [9.17, 15) is 9.59 Å². The molecule has 1 fully saturated rings. The summed E-state index contributed by atoms with van der Waals surface area (Å²) in [4.78, 5) is 27.7. The molecular weight excluding hydrogens is 332 g/mol. The molecule has 1 aliphatic heterocycles. The van der Waals surface area contributed by atoms with Crippen molar-refractivity contribution >= 4 is 11.9 Å². The first-order valence-corrected chi connectivity index (χ1v) is 9.28. The molecule has 1 aromatic carbocycles. The molecule has 0 saturated carbocycles. The maximum atomic E-state index is 13.3. The fourth-order valence-electron chi connectivity index (χ4n) is 3.48. The maximum absolute atomic E-state index is 13.3. The van der Waals surface area contributed by atoms with Gasteiger partial charge in [0.05, 0.1) is 25.2 Å². The summed E-state index contributed by atoms with van der Waals surface area (Å²) < 4.78 is 5.75. The van der Waals surface area contributed by atoms with E-state index in [-0.39, 0.29) is 30.4 Å². The summed E-state index contributed by atoms with van der Waals surface area (Å²) in [6.07, 6.45) is 0.769. The number of morpholine rings is 1. The van der Waals surface area contributed by atoms with Crippen LogP contribution < -0.4 is 0 Å². The molecule has 1 heterocycles. The van der Waals surface area contributed by atoms with Crippen LogP contribution in [0.15, 0.2) is 30.3 Å². The van der Waals surface area contributed by atoms with E-state index in [4.69, 9.17) is 9.84 Å². The van der Waals surface area contributed by atoms with Crippen molar-refractivity contribution in [2.75, 3.05) is 39.8 Å². The van der Waals surface area contributed by atoms with Crippen LogP contribution in [0.5, 0.6) is 0 Å². The lowest BCUT2D eigenvalue weighted by atomic mass is 9.84. The predicted octanol–water partition coefficient (Wildman–Crippen LogP) is 2.06. The molecule has 1 N–H and O–H groups in total. The summed E-state index contributed by atoms with van der Waals surface area (Å²) in [5.74, 6) is -0.630. The van der Waals surface area contributed by atoms with Crippen molar-refractivity contribution in [1.82, 2.24) is 9.80 Å². The lowest BCUT2D eigenvalue weighted by Gasteiger charge is -2.37. The number of carbonyl (C=O) groups excluding carboxylic acids is 1. The predicted molar refractivity (Wildman–Crippen MR) is 100 cm³/mol. The fourth-order valence-corrected chi connectivity index (χ4v) is 3.48. The molecule has 1 saturated heterocycles. The highest BCUT2D eigenvalue weighted by molar-refractivity contribution is 5.84. The molecule has 1 aromatic rings. The zero-order chi connectivity index (χ0) is 19.1. The lowest BCUT2D eigenvalue weighted by Crippen LogP contribution is -2.51. The number of rotatable bonds is 8. The van der Waals surface area contributed by atoms with Gasteiger partial charge in [0.2, 0.25) is 5.91 Å². The Balaban J connectivity index is 2.07. The SMILES string of the molecule is CCC(C)C(C(=O)N1CCOC(CN(C)CC(=O)O)C1)c1ccccc1. The second kappa shape index (κ2) is 9.69. The third-order valence-corrected chi connectivity index (χ3v) is 5.01. The van der Waals surface area contributed by atoms with Crippen molar-refractivity contribution in [3.63, 3.8) is 0 Å². The number of amides is 1. The third-order valence-electron chi connectivity index (χ3n) is 5.01. The number of hydrogen-bond acceptors (Lipinski definition) is 4. The van der Waals surface area contributed by atoms with Gasteiger partial charge < -0.3 is 14.7 Å². The van der Waals surface area contributed by atoms with E-state index in [0.717, 1.165) is 12.0 Å². The van der Waals surface area contributed by atoms with E-state index in [2.05, 4.69) is 13.8 Å². The van der Waals surface area contributed by atoms with Crippen molar-refractivity contribution in [2.45, 2.75) is 32.3 Å². The highest BCUT2D eigenvalue weighted by Crippen LogP contribution is 2.29. The van der Waals surface area contributed by atoms with Crippen LogP contribution in [0.25, 0.3) is 0 Å². The highest BCUT2D eigenvalue weighted by atomic mass is 16.5. The number of carboxylic acids is 1. The van der Waals surface area contributed by atoms with Gasteiger partial charge in [-0.3, -0.25) is 14.5 Å². The summed E-state index contributed by atoms with van der Waals surface area (Å²) >= 11 is 0. The topological polar surface area (TPSA) is 70.1 Å². The van der Waals surface area contributed by atoms with E-state index in [0.29, 0.717) is 26.2 Å². The zero-order valence-electron chi connectivity index (χ0n) is 15.9. The van der Waals surface area contributed by atoms with Crippen molar-refractivity contribution in [3.8, 4) is 0 Å². The largest absolute Gasteiger partial charge is 0.480 e. The monoisotopic (exact) mass is 362 g/mol. The van der Waals surface area contributed by atoms with E-state index < -0.39 is 5.97 Å². The molecule has 3 atom stereocenters. The highest BCUT2D eigenvalue weighted by Gasteiger charge is 2.33. The van der Waals surface area contributed by atoms with Crippen molar-refractivity contribution in [2.24, 2.45) is 5.92 Å². The zero-order valence-corrected chi connectivity index (χ0v) is 15.9. The Hall–Kier alpha value is -1.92. The van der Waals surface area contributed by atoms with Gasteiger partial charge >= 0.3 is 5.97 Å². The third kappa shape index (κ3) is 5.54. The summed E-state index contributed by atoms with van der Waals surface area (Å²) in [6.45, 7) is 6.26. The Labute approximate surface area is 155 Å². The van der Waals surface area contributed by atoms with Crippen molar-refractivity contribution in [3.05, 3.63) is 35.9 Å². The summed E-state index contributed by atoms with van der Waals surface area (Å²) in [5.41, 5.74) is 1.05. The number of carboxylic acid groups (broad SMARTS) is 1. The molecule has 1 amide bonds. The van der Waals surface area contributed by atoms with E-state index in [1.54, 1.807) is 11.9 Å². The van der Waals surface area contributed by atoms with E-state index >= 15 is 0 Å². The first-order valence-electron chi connectivity index (χ1n) is 9.28.